The number of benzene rings is 4. The number of rotatable bonds is 10. The summed E-state index contributed by atoms with van der Waals surface area (Å²) in [4.78, 5) is 51.8. The van der Waals surface area contributed by atoms with E-state index in [1.54, 1.807) is 35.2 Å². The molecule has 0 saturated heterocycles. The molecule has 4 aromatic carbocycles. The van der Waals surface area contributed by atoms with Gasteiger partial charge in [0.1, 0.15) is 11.6 Å². The van der Waals surface area contributed by atoms with Gasteiger partial charge in [0.15, 0.2) is 0 Å². The number of urea groups is 1. The summed E-state index contributed by atoms with van der Waals surface area (Å²) in [6.07, 6.45) is 6.05. The number of carbonyl (C=O) groups is 2. The lowest BCUT2D eigenvalue weighted by Crippen LogP contribution is -2.44. The minimum absolute atomic E-state index is 0.00887. The molecule has 0 bridgehead atoms. The van der Waals surface area contributed by atoms with Crippen LogP contribution in [0.25, 0.3) is 22.1 Å². The van der Waals surface area contributed by atoms with E-state index in [0.717, 1.165) is 71.2 Å². The normalized spacial score (nSPS) is 14.9. The summed E-state index contributed by atoms with van der Waals surface area (Å²) in [5, 5.41) is 16.8. The van der Waals surface area contributed by atoms with E-state index in [1.807, 2.05) is 71.3 Å². The fourth-order valence-corrected chi connectivity index (χ4v) is 7.01. The van der Waals surface area contributed by atoms with E-state index in [-0.39, 0.29) is 18.0 Å². The predicted octanol–water partition coefficient (Wildman–Crippen LogP) is 6.47. The van der Waals surface area contributed by atoms with Crippen LogP contribution in [0.5, 0.6) is 0 Å². The quantitative estimate of drug-likeness (QED) is 0.117. The van der Waals surface area contributed by atoms with Gasteiger partial charge in [0.2, 0.25) is 6.17 Å². The number of benzodiazepines with no additional fused rings is 1. The topological polar surface area (TPSA) is 160 Å². The third kappa shape index (κ3) is 7.93. The van der Waals surface area contributed by atoms with E-state index in [2.05, 4.69) is 36.6 Å². The molecule has 1 atom stereocenters. The standard InChI is InChI=1S/C22H17FN4O2.C21H23N5O2/c23-16-11-5-7-13-18(16)25-22(29)27-20-21(28)24-17-12-6-4-10-15(17)19(26-20)14-8-2-1-3-9-14;27-12-4-3-11-24-17-6-2-1-5-16(17)23-20(24)14-25-19-13-22-10-9-18(19)26(21(25)28)15-7-8-15/h1-13,20H,(H,24,28)(H2,25,27,29);1-2,5-6,9-10,13,15,27H,3-4,7-8,11-12,14H2/t20-;/m1./s1. The van der Waals surface area contributed by atoms with Gasteiger partial charge in [-0.15, -0.1) is 0 Å². The van der Waals surface area contributed by atoms with Crippen LogP contribution in [0, 0.1) is 5.82 Å². The number of fused-ring (bicyclic) bond motifs is 3. The van der Waals surface area contributed by atoms with Crippen molar-refractivity contribution < 1.29 is 19.1 Å². The molecule has 288 valence electrons. The van der Waals surface area contributed by atoms with Gasteiger partial charge in [0, 0.05) is 36.5 Å². The largest absolute Gasteiger partial charge is 0.396 e. The van der Waals surface area contributed by atoms with Crippen LogP contribution in [0.2, 0.25) is 0 Å². The lowest BCUT2D eigenvalue weighted by Gasteiger charge is -2.14. The fraction of sp³-hybridized carbons (Fsp3) is 0.209. The zero-order chi connectivity index (χ0) is 39.3. The molecule has 57 heavy (non-hydrogen) atoms. The minimum atomic E-state index is -1.19. The first-order valence-electron chi connectivity index (χ1n) is 18.8. The molecule has 2 aliphatic rings. The molecule has 1 fully saturated rings. The number of pyridine rings is 1. The summed E-state index contributed by atoms with van der Waals surface area (Å²) in [6.45, 7) is 1.36. The highest BCUT2D eigenvalue weighted by Crippen LogP contribution is 2.36. The first-order valence-corrected chi connectivity index (χ1v) is 18.8. The number of aromatic nitrogens is 5. The number of hydrogen-bond donors (Lipinski definition) is 4. The second kappa shape index (κ2) is 16.4. The third-order valence-electron chi connectivity index (χ3n) is 9.88. The Balaban J connectivity index is 0.000000160. The van der Waals surface area contributed by atoms with Crippen molar-refractivity contribution in [2.75, 3.05) is 17.2 Å². The average molecular weight is 766 g/mol. The van der Waals surface area contributed by atoms with Gasteiger partial charge < -0.3 is 25.6 Å². The SMILES string of the molecule is O=C(Nc1ccccc1F)N[C@H]1N=C(c2ccccc2)c2ccccc2NC1=O.O=c1n(Cc2nc3ccccc3n2CCCCO)c2cnccc2n1C1CC1. The molecule has 1 aliphatic carbocycles. The number of carbonyl (C=O) groups excluding carboxylic acids is 2. The number of para-hydroxylation sites is 4. The number of amides is 3. The number of imidazole rings is 2. The maximum Gasteiger partial charge on any atom is 0.329 e. The summed E-state index contributed by atoms with van der Waals surface area (Å²) >= 11 is 0. The number of anilines is 2. The third-order valence-corrected chi connectivity index (χ3v) is 9.88. The van der Waals surface area contributed by atoms with Crippen LogP contribution in [0.15, 0.2) is 131 Å². The molecule has 0 unspecified atom stereocenters. The van der Waals surface area contributed by atoms with Crippen molar-refractivity contribution in [2.45, 2.75) is 51.0 Å². The number of aliphatic hydroxyl groups is 1. The number of aliphatic imine (C=N–C) groups is 1. The highest BCUT2D eigenvalue weighted by Gasteiger charge is 2.30. The number of aliphatic hydroxyl groups excluding tert-OH is 1. The molecular weight excluding hydrogens is 726 g/mol. The second-order valence-corrected chi connectivity index (χ2v) is 13.8. The Bertz CT molecular complexity index is 2660. The van der Waals surface area contributed by atoms with E-state index in [0.29, 0.717) is 24.0 Å². The van der Waals surface area contributed by atoms with Crippen LogP contribution in [-0.4, -0.2) is 59.2 Å². The molecule has 4 N–H and O–H groups in total. The molecule has 0 radical (unpaired) electrons. The van der Waals surface area contributed by atoms with Gasteiger partial charge in [-0.1, -0.05) is 72.8 Å². The molecule has 9 rings (SSSR count). The smallest absolute Gasteiger partial charge is 0.329 e. The first kappa shape index (κ1) is 37.0. The van der Waals surface area contributed by atoms with E-state index < -0.39 is 23.9 Å². The minimum Gasteiger partial charge on any atom is -0.396 e. The van der Waals surface area contributed by atoms with Gasteiger partial charge in [0.05, 0.1) is 51.9 Å². The summed E-state index contributed by atoms with van der Waals surface area (Å²) in [5.74, 6) is -0.208. The van der Waals surface area contributed by atoms with Crippen molar-refractivity contribution in [3.63, 3.8) is 0 Å². The van der Waals surface area contributed by atoms with E-state index in [9.17, 15) is 18.8 Å². The Hall–Kier alpha value is -6.93. The van der Waals surface area contributed by atoms with Crippen LogP contribution in [0.4, 0.5) is 20.6 Å². The highest BCUT2D eigenvalue weighted by atomic mass is 19.1. The predicted molar refractivity (Wildman–Crippen MR) is 217 cm³/mol. The Morgan fingerprint density at radius 3 is 2.40 bits per heavy atom. The van der Waals surface area contributed by atoms with E-state index >= 15 is 0 Å². The second-order valence-electron chi connectivity index (χ2n) is 13.8. The molecule has 3 amide bonds. The summed E-state index contributed by atoms with van der Waals surface area (Å²) in [5.41, 5.74) is 6.53. The molecule has 13 nitrogen and oxygen atoms in total. The Kier molecular flexibility index (Phi) is 10.7. The lowest BCUT2D eigenvalue weighted by molar-refractivity contribution is -0.117. The van der Waals surface area contributed by atoms with E-state index in [1.165, 1.54) is 18.2 Å². The van der Waals surface area contributed by atoms with Crippen LogP contribution in [0.1, 0.15) is 48.7 Å². The lowest BCUT2D eigenvalue weighted by atomic mass is 10.0. The van der Waals surface area contributed by atoms with Crippen LogP contribution >= 0.6 is 0 Å². The molecule has 4 heterocycles. The van der Waals surface area contributed by atoms with Crippen molar-refractivity contribution >= 4 is 51.1 Å². The average Bonchev–Trinajstić information content (AvgIpc) is 3.97. The Labute approximate surface area is 326 Å². The molecule has 1 saturated carbocycles. The zero-order valence-electron chi connectivity index (χ0n) is 30.9. The van der Waals surface area contributed by atoms with Crippen LogP contribution in [-0.2, 0) is 17.9 Å². The Morgan fingerprint density at radius 2 is 1.60 bits per heavy atom. The number of aryl methyl sites for hydroxylation is 1. The number of halogens is 1. The summed E-state index contributed by atoms with van der Waals surface area (Å²) < 4.78 is 19.7. The number of unbranched alkanes of at least 4 members (excludes halogenated alkanes) is 1. The molecule has 3 aromatic heterocycles. The van der Waals surface area contributed by atoms with Crippen molar-refractivity contribution in [1.29, 1.82) is 0 Å². The van der Waals surface area contributed by atoms with E-state index in [4.69, 9.17) is 10.1 Å². The van der Waals surface area contributed by atoms with Crippen molar-refractivity contribution in [3.05, 3.63) is 155 Å². The van der Waals surface area contributed by atoms with Gasteiger partial charge in [-0.25, -0.2) is 24.0 Å². The monoisotopic (exact) mass is 765 g/mol. The van der Waals surface area contributed by atoms with Crippen molar-refractivity contribution in [1.82, 2.24) is 29.0 Å². The summed E-state index contributed by atoms with van der Waals surface area (Å²) in [6, 6.07) is 32.0. The molecular formula is C43H40FN9O4. The van der Waals surface area contributed by atoms with Crippen LogP contribution in [0.3, 0.4) is 0 Å². The number of nitrogens with zero attached hydrogens (tertiary/aromatic N) is 6. The fourth-order valence-electron chi connectivity index (χ4n) is 7.01. The summed E-state index contributed by atoms with van der Waals surface area (Å²) in [7, 11) is 0. The first-order chi connectivity index (χ1) is 27.9. The maximum absolute atomic E-state index is 13.8. The number of nitrogens with one attached hydrogen (secondary N) is 3. The van der Waals surface area contributed by atoms with Gasteiger partial charge >= 0.3 is 11.7 Å². The Morgan fingerprint density at radius 1 is 0.842 bits per heavy atom. The van der Waals surface area contributed by atoms with Gasteiger partial charge in [0.25, 0.3) is 5.91 Å². The van der Waals surface area contributed by atoms with Gasteiger partial charge in [-0.2, -0.15) is 0 Å². The molecule has 1 aliphatic heterocycles. The maximum atomic E-state index is 13.8. The van der Waals surface area contributed by atoms with Crippen LogP contribution < -0.4 is 21.6 Å². The van der Waals surface area contributed by atoms with Gasteiger partial charge in [-0.05, 0) is 62.1 Å². The number of hydrogen-bond acceptors (Lipinski definition) is 7. The molecule has 0 spiro atoms. The van der Waals surface area contributed by atoms with Crippen molar-refractivity contribution in [3.8, 4) is 0 Å². The van der Waals surface area contributed by atoms with Crippen molar-refractivity contribution in [2.24, 2.45) is 4.99 Å². The zero-order valence-corrected chi connectivity index (χ0v) is 30.9. The highest BCUT2D eigenvalue weighted by molar-refractivity contribution is 6.20. The molecule has 7 aromatic rings. The molecule has 14 heteroatoms. The van der Waals surface area contributed by atoms with Gasteiger partial charge in [-0.3, -0.25) is 18.9 Å².